The fourth-order valence-electron chi connectivity index (χ4n) is 3.43. The molecule has 1 atom stereocenters. The summed E-state index contributed by atoms with van der Waals surface area (Å²) in [5.41, 5.74) is 2.31. The van der Waals surface area contributed by atoms with Crippen molar-refractivity contribution in [2.75, 3.05) is 18.6 Å². The highest BCUT2D eigenvalue weighted by atomic mass is 19.1. The first-order valence-corrected chi connectivity index (χ1v) is 9.71. The molecule has 164 valence electrons. The SMILES string of the molecule is Cc1ccc(-c2nc(C(=O)N[C@H]3COc4cc(F)cnc4N(C)C3=O)ncc2F)c(C)c1. The lowest BCUT2D eigenvalue weighted by molar-refractivity contribution is -0.120. The Labute approximate surface area is 182 Å². The number of likely N-dealkylation sites (N-methyl/N-ethyl adjacent to an activating group) is 1. The molecule has 3 heterocycles. The van der Waals surface area contributed by atoms with Crippen LogP contribution in [0.3, 0.4) is 0 Å². The van der Waals surface area contributed by atoms with E-state index in [1.807, 2.05) is 26.0 Å². The van der Waals surface area contributed by atoms with Gasteiger partial charge in [-0.3, -0.25) is 14.5 Å². The van der Waals surface area contributed by atoms with Gasteiger partial charge in [-0.05, 0) is 19.4 Å². The van der Waals surface area contributed by atoms with Crippen molar-refractivity contribution in [3.63, 3.8) is 0 Å². The summed E-state index contributed by atoms with van der Waals surface area (Å²) in [4.78, 5) is 38.5. The van der Waals surface area contributed by atoms with Crippen molar-refractivity contribution in [1.82, 2.24) is 20.3 Å². The zero-order valence-electron chi connectivity index (χ0n) is 17.5. The van der Waals surface area contributed by atoms with E-state index in [0.717, 1.165) is 29.6 Å². The highest BCUT2D eigenvalue weighted by molar-refractivity contribution is 6.01. The average Bonchev–Trinajstić information content (AvgIpc) is 2.86. The second kappa shape index (κ2) is 8.29. The lowest BCUT2D eigenvalue weighted by Gasteiger charge is -2.19. The number of aryl methyl sites for hydroxylation is 2. The molecule has 0 unspecified atom stereocenters. The molecule has 2 amide bonds. The molecule has 2 aromatic heterocycles. The van der Waals surface area contributed by atoms with E-state index in [1.54, 1.807) is 6.07 Å². The Morgan fingerprint density at radius 1 is 1.19 bits per heavy atom. The Kier molecular flexibility index (Phi) is 5.52. The summed E-state index contributed by atoms with van der Waals surface area (Å²) >= 11 is 0. The molecule has 0 bridgehead atoms. The van der Waals surface area contributed by atoms with Crippen molar-refractivity contribution in [3.8, 4) is 17.0 Å². The smallest absolute Gasteiger partial charge is 0.289 e. The molecule has 0 saturated heterocycles. The maximum Gasteiger partial charge on any atom is 0.289 e. The molecule has 0 aliphatic carbocycles. The zero-order valence-corrected chi connectivity index (χ0v) is 17.5. The van der Waals surface area contributed by atoms with Crippen molar-refractivity contribution in [3.05, 3.63) is 65.2 Å². The summed E-state index contributed by atoms with van der Waals surface area (Å²) in [6.45, 7) is 3.48. The van der Waals surface area contributed by atoms with Crippen LogP contribution in [0.2, 0.25) is 0 Å². The molecule has 3 aromatic rings. The Hall–Kier alpha value is -3.95. The van der Waals surface area contributed by atoms with Crippen LogP contribution in [0.15, 0.2) is 36.7 Å². The van der Waals surface area contributed by atoms with Crippen LogP contribution >= 0.6 is 0 Å². The number of anilines is 1. The van der Waals surface area contributed by atoms with Crippen molar-refractivity contribution < 1.29 is 23.1 Å². The van der Waals surface area contributed by atoms with Gasteiger partial charge < -0.3 is 10.1 Å². The number of carbonyl (C=O) groups excluding carboxylic acids is 2. The molecule has 0 radical (unpaired) electrons. The highest BCUT2D eigenvalue weighted by Gasteiger charge is 2.32. The minimum atomic E-state index is -1.11. The molecule has 0 spiro atoms. The van der Waals surface area contributed by atoms with Crippen LogP contribution in [-0.2, 0) is 4.79 Å². The van der Waals surface area contributed by atoms with E-state index < -0.39 is 29.5 Å². The lowest BCUT2D eigenvalue weighted by Crippen LogP contribution is -2.49. The van der Waals surface area contributed by atoms with Crippen molar-refractivity contribution in [2.45, 2.75) is 19.9 Å². The van der Waals surface area contributed by atoms with Gasteiger partial charge >= 0.3 is 0 Å². The Balaban J connectivity index is 1.59. The minimum Gasteiger partial charge on any atom is -0.487 e. The summed E-state index contributed by atoms with van der Waals surface area (Å²) in [5.74, 6) is -2.69. The quantitative estimate of drug-likeness (QED) is 0.674. The first kappa shape index (κ1) is 21.3. The van der Waals surface area contributed by atoms with Gasteiger partial charge in [0.2, 0.25) is 5.82 Å². The summed E-state index contributed by atoms with van der Waals surface area (Å²) in [6, 6.07) is 5.41. The Bertz CT molecular complexity index is 1230. The fraction of sp³-hybridized carbons (Fsp3) is 0.227. The standard InChI is InChI=1S/C22H19F2N5O3/c1-11-4-5-14(12(2)6-11)18-15(24)9-25-19(28-18)21(30)27-16-10-32-17-7-13(23)8-26-20(17)29(3)22(16)31/h4-9,16H,10H2,1-3H3,(H,27,30)/t16-/m0/s1. The molecule has 1 N–H and O–H groups in total. The normalized spacial score (nSPS) is 15.6. The predicted octanol–water partition coefficient (Wildman–Crippen LogP) is 2.59. The fourth-order valence-corrected chi connectivity index (χ4v) is 3.43. The third-order valence-electron chi connectivity index (χ3n) is 5.04. The van der Waals surface area contributed by atoms with Crippen LogP contribution in [0.4, 0.5) is 14.6 Å². The van der Waals surface area contributed by atoms with Gasteiger partial charge in [-0.2, -0.15) is 0 Å². The van der Waals surface area contributed by atoms with Crippen LogP contribution in [0.1, 0.15) is 21.7 Å². The monoisotopic (exact) mass is 439 g/mol. The number of hydrogen-bond acceptors (Lipinski definition) is 6. The minimum absolute atomic E-state index is 0.0182. The van der Waals surface area contributed by atoms with E-state index in [1.165, 1.54) is 11.9 Å². The van der Waals surface area contributed by atoms with Gasteiger partial charge in [-0.25, -0.2) is 23.7 Å². The molecule has 1 aliphatic rings. The van der Waals surface area contributed by atoms with E-state index in [9.17, 15) is 18.4 Å². The topological polar surface area (TPSA) is 97.3 Å². The van der Waals surface area contributed by atoms with Gasteiger partial charge in [-0.1, -0.05) is 23.8 Å². The van der Waals surface area contributed by atoms with E-state index in [0.29, 0.717) is 5.56 Å². The highest BCUT2D eigenvalue weighted by Crippen LogP contribution is 2.29. The number of carbonyl (C=O) groups is 2. The number of hydrogen-bond donors (Lipinski definition) is 1. The van der Waals surface area contributed by atoms with Gasteiger partial charge in [0.25, 0.3) is 11.8 Å². The van der Waals surface area contributed by atoms with Crippen LogP contribution in [0, 0.1) is 25.5 Å². The summed E-state index contributed by atoms with van der Waals surface area (Å²) in [5, 5.41) is 2.50. The number of halogens is 2. The van der Waals surface area contributed by atoms with E-state index in [-0.39, 0.29) is 29.7 Å². The molecule has 0 saturated carbocycles. The number of aromatic nitrogens is 3. The number of benzene rings is 1. The summed E-state index contributed by atoms with van der Waals surface area (Å²) in [7, 11) is 1.44. The molecule has 8 nitrogen and oxygen atoms in total. The largest absolute Gasteiger partial charge is 0.487 e. The van der Waals surface area contributed by atoms with Gasteiger partial charge in [0, 0.05) is 18.7 Å². The third kappa shape index (κ3) is 3.98. The molecule has 0 fully saturated rings. The summed E-state index contributed by atoms with van der Waals surface area (Å²) < 4.78 is 33.4. The molecular weight excluding hydrogens is 420 g/mol. The van der Waals surface area contributed by atoms with Crippen molar-refractivity contribution in [1.29, 1.82) is 0 Å². The number of pyridine rings is 1. The molecule has 1 aliphatic heterocycles. The van der Waals surface area contributed by atoms with Crippen molar-refractivity contribution in [2.24, 2.45) is 0 Å². The third-order valence-corrected chi connectivity index (χ3v) is 5.04. The second-order valence-corrected chi connectivity index (χ2v) is 7.42. The number of rotatable bonds is 3. The number of ether oxygens (including phenoxy) is 1. The molecule has 4 rings (SSSR count). The van der Waals surface area contributed by atoms with Gasteiger partial charge in [0.1, 0.15) is 24.2 Å². The predicted molar refractivity (Wildman–Crippen MR) is 111 cm³/mol. The first-order valence-electron chi connectivity index (χ1n) is 9.71. The molecule has 32 heavy (non-hydrogen) atoms. The van der Waals surface area contributed by atoms with Gasteiger partial charge in [0.05, 0.1) is 12.4 Å². The zero-order chi connectivity index (χ0) is 23.0. The molecular formula is C22H19F2N5O3. The van der Waals surface area contributed by atoms with Crippen molar-refractivity contribution >= 4 is 17.6 Å². The van der Waals surface area contributed by atoms with Crippen LogP contribution in [-0.4, -0.2) is 46.5 Å². The van der Waals surface area contributed by atoms with E-state index in [4.69, 9.17) is 4.74 Å². The number of nitrogens with one attached hydrogen (secondary N) is 1. The van der Waals surface area contributed by atoms with E-state index in [2.05, 4.69) is 20.3 Å². The van der Waals surface area contributed by atoms with Crippen LogP contribution < -0.4 is 15.0 Å². The first-order chi connectivity index (χ1) is 15.2. The average molecular weight is 439 g/mol. The number of nitrogens with zero attached hydrogens (tertiary/aromatic N) is 4. The number of amides is 2. The van der Waals surface area contributed by atoms with Crippen LogP contribution in [0.25, 0.3) is 11.3 Å². The number of fused-ring (bicyclic) bond motifs is 1. The maximum absolute atomic E-state index is 14.4. The van der Waals surface area contributed by atoms with Gasteiger partial charge in [-0.15, -0.1) is 0 Å². The molecule has 10 heteroatoms. The second-order valence-electron chi connectivity index (χ2n) is 7.42. The molecule has 1 aromatic carbocycles. The summed E-state index contributed by atoms with van der Waals surface area (Å²) in [6.07, 6.45) is 1.88. The van der Waals surface area contributed by atoms with E-state index >= 15 is 0 Å². The Morgan fingerprint density at radius 2 is 1.97 bits per heavy atom. The van der Waals surface area contributed by atoms with Gasteiger partial charge in [0.15, 0.2) is 17.4 Å². The maximum atomic E-state index is 14.4. The Morgan fingerprint density at radius 3 is 2.72 bits per heavy atom. The lowest BCUT2D eigenvalue weighted by atomic mass is 10.0. The van der Waals surface area contributed by atoms with Crippen LogP contribution in [0.5, 0.6) is 5.75 Å².